The Morgan fingerprint density at radius 3 is 2.88 bits per heavy atom. The molecule has 0 heterocycles. The predicted molar refractivity (Wildman–Crippen MR) is 62.3 cm³/mol. The summed E-state index contributed by atoms with van der Waals surface area (Å²) >= 11 is 0. The predicted octanol–water partition coefficient (Wildman–Crippen LogP) is 2.46. The molecule has 0 unspecified atom stereocenters. The lowest BCUT2D eigenvalue weighted by atomic mass is 10.1. The van der Waals surface area contributed by atoms with Gasteiger partial charge in [-0.2, -0.15) is 0 Å². The number of carbonyl (C=O) groups is 1. The molecule has 17 heavy (non-hydrogen) atoms. The minimum Gasteiger partial charge on any atom is -0.478 e. The molecule has 92 valence electrons. The first kappa shape index (κ1) is 11.9. The van der Waals surface area contributed by atoms with E-state index in [1.807, 2.05) is 6.92 Å². The maximum absolute atomic E-state index is 11.0. The van der Waals surface area contributed by atoms with E-state index in [1.165, 1.54) is 12.8 Å². The molecule has 0 bridgehead atoms. The normalized spacial score (nSPS) is 14.6. The topological polar surface area (TPSA) is 55.8 Å². The van der Waals surface area contributed by atoms with Gasteiger partial charge in [0.25, 0.3) is 0 Å². The molecule has 1 saturated carbocycles. The first-order valence-corrected chi connectivity index (χ1v) is 5.71. The van der Waals surface area contributed by atoms with Crippen LogP contribution in [-0.4, -0.2) is 24.5 Å². The van der Waals surface area contributed by atoms with Crippen LogP contribution in [0.5, 0.6) is 5.75 Å². The van der Waals surface area contributed by atoms with Crippen LogP contribution in [0, 0.1) is 12.8 Å². The zero-order valence-corrected chi connectivity index (χ0v) is 9.81. The molecular formula is C13H16O4. The number of aryl methyl sites for hydroxylation is 1. The van der Waals surface area contributed by atoms with Crippen molar-refractivity contribution in [2.75, 3.05) is 13.4 Å². The zero-order chi connectivity index (χ0) is 12.3. The molecule has 1 aromatic rings. The van der Waals surface area contributed by atoms with E-state index in [1.54, 1.807) is 18.2 Å². The molecule has 2 rings (SSSR count). The van der Waals surface area contributed by atoms with E-state index in [0.29, 0.717) is 18.3 Å². The van der Waals surface area contributed by atoms with E-state index in [-0.39, 0.29) is 12.4 Å². The average Bonchev–Trinajstić information content (AvgIpc) is 3.08. The highest BCUT2D eigenvalue weighted by molar-refractivity contribution is 5.90. The quantitative estimate of drug-likeness (QED) is 0.609. The summed E-state index contributed by atoms with van der Waals surface area (Å²) in [5.41, 5.74) is 1.14. The molecule has 0 radical (unpaired) electrons. The number of aromatic carboxylic acids is 1. The number of carboxylic acids is 1. The fraction of sp³-hybridized carbons (Fsp3) is 0.462. The Morgan fingerprint density at radius 2 is 2.24 bits per heavy atom. The second-order valence-corrected chi connectivity index (χ2v) is 4.38. The first-order valence-electron chi connectivity index (χ1n) is 5.71. The molecule has 1 aliphatic rings. The lowest BCUT2D eigenvalue weighted by Gasteiger charge is -2.10. The second kappa shape index (κ2) is 5.19. The van der Waals surface area contributed by atoms with Crippen LogP contribution in [0.1, 0.15) is 28.8 Å². The third-order valence-corrected chi connectivity index (χ3v) is 2.72. The summed E-state index contributed by atoms with van der Waals surface area (Å²) in [6.45, 7) is 2.71. The molecule has 0 amide bonds. The van der Waals surface area contributed by atoms with Crippen molar-refractivity contribution in [1.29, 1.82) is 0 Å². The Labute approximate surface area is 100 Å². The van der Waals surface area contributed by atoms with Crippen molar-refractivity contribution in [2.24, 2.45) is 5.92 Å². The van der Waals surface area contributed by atoms with Crippen LogP contribution in [0.25, 0.3) is 0 Å². The van der Waals surface area contributed by atoms with Gasteiger partial charge in [-0.1, -0.05) is 6.07 Å². The SMILES string of the molecule is Cc1ccc(C(=O)O)c(OCOCC2CC2)c1. The van der Waals surface area contributed by atoms with Gasteiger partial charge in [-0.3, -0.25) is 0 Å². The van der Waals surface area contributed by atoms with Gasteiger partial charge in [0.05, 0.1) is 6.61 Å². The average molecular weight is 236 g/mol. The van der Waals surface area contributed by atoms with E-state index < -0.39 is 5.97 Å². The third-order valence-electron chi connectivity index (χ3n) is 2.72. The van der Waals surface area contributed by atoms with Gasteiger partial charge >= 0.3 is 5.97 Å². The van der Waals surface area contributed by atoms with Gasteiger partial charge in [0.2, 0.25) is 0 Å². The van der Waals surface area contributed by atoms with Crippen molar-refractivity contribution in [2.45, 2.75) is 19.8 Å². The Morgan fingerprint density at radius 1 is 1.47 bits per heavy atom. The number of carboxylic acid groups (broad SMARTS) is 1. The van der Waals surface area contributed by atoms with Crippen molar-refractivity contribution >= 4 is 5.97 Å². The minimum absolute atomic E-state index is 0.111. The van der Waals surface area contributed by atoms with Gasteiger partial charge in [-0.05, 0) is 43.4 Å². The highest BCUT2D eigenvalue weighted by Gasteiger charge is 2.21. The smallest absolute Gasteiger partial charge is 0.339 e. The van der Waals surface area contributed by atoms with Crippen molar-refractivity contribution in [3.8, 4) is 5.75 Å². The summed E-state index contributed by atoms with van der Waals surface area (Å²) in [5, 5.41) is 8.99. The molecular weight excluding hydrogens is 220 g/mol. The summed E-state index contributed by atoms with van der Waals surface area (Å²) in [5.74, 6) is 0.0607. The highest BCUT2D eigenvalue weighted by Crippen LogP contribution is 2.28. The summed E-state index contributed by atoms with van der Waals surface area (Å²) < 4.78 is 10.7. The lowest BCUT2D eigenvalue weighted by Crippen LogP contribution is -2.08. The van der Waals surface area contributed by atoms with Crippen molar-refractivity contribution in [3.05, 3.63) is 29.3 Å². The fourth-order valence-corrected chi connectivity index (χ4v) is 1.53. The van der Waals surface area contributed by atoms with Gasteiger partial charge in [-0.15, -0.1) is 0 Å². The summed E-state index contributed by atoms with van der Waals surface area (Å²) in [4.78, 5) is 11.0. The molecule has 0 saturated heterocycles. The molecule has 0 atom stereocenters. The van der Waals surface area contributed by atoms with Gasteiger partial charge in [0.15, 0.2) is 6.79 Å². The van der Waals surface area contributed by atoms with E-state index >= 15 is 0 Å². The van der Waals surface area contributed by atoms with E-state index in [0.717, 1.165) is 5.56 Å². The molecule has 1 aromatic carbocycles. The fourth-order valence-electron chi connectivity index (χ4n) is 1.53. The molecule has 1 aliphatic carbocycles. The summed E-state index contributed by atoms with van der Waals surface area (Å²) in [6.07, 6.45) is 2.45. The van der Waals surface area contributed by atoms with Crippen LogP contribution in [-0.2, 0) is 4.74 Å². The Kier molecular flexibility index (Phi) is 3.64. The minimum atomic E-state index is -0.984. The number of hydrogen-bond donors (Lipinski definition) is 1. The van der Waals surface area contributed by atoms with E-state index in [2.05, 4.69) is 0 Å². The largest absolute Gasteiger partial charge is 0.478 e. The second-order valence-electron chi connectivity index (χ2n) is 4.38. The Bertz CT molecular complexity index is 410. The van der Waals surface area contributed by atoms with Crippen molar-refractivity contribution in [3.63, 3.8) is 0 Å². The molecule has 0 aliphatic heterocycles. The maximum atomic E-state index is 11.0. The van der Waals surface area contributed by atoms with Crippen LogP contribution in [0.3, 0.4) is 0 Å². The van der Waals surface area contributed by atoms with E-state index in [4.69, 9.17) is 14.6 Å². The van der Waals surface area contributed by atoms with Crippen LogP contribution in [0.15, 0.2) is 18.2 Å². The monoisotopic (exact) mass is 236 g/mol. The number of rotatable bonds is 6. The van der Waals surface area contributed by atoms with Crippen LogP contribution in [0.4, 0.5) is 0 Å². The summed E-state index contributed by atoms with van der Waals surface area (Å²) in [6, 6.07) is 5.01. The third kappa shape index (κ3) is 3.46. The highest BCUT2D eigenvalue weighted by atomic mass is 16.7. The first-order chi connectivity index (χ1) is 8.16. The maximum Gasteiger partial charge on any atom is 0.339 e. The van der Waals surface area contributed by atoms with Gasteiger partial charge in [0, 0.05) is 0 Å². The lowest BCUT2D eigenvalue weighted by molar-refractivity contribution is 0.00917. The standard InChI is InChI=1S/C13H16O4/c1-9-2-5-11(13(14)15)12(6-9)17-8-16-7-10-3-4-10/h2,5-6,10H,3-4,7-8H2,1H3,(H,14,15). The van der Waals surface area contributed by atoms with Gasteiger partial charge in [0.1, 0.15) is 11.3 Å². The Balaban J connectivity index is 1.92. The zero-order valence-electron chi connectivity index (χ0n) is 9.81. The molecule has 1 fully saturated rings. The molecule has 4 nitrogen and oxygen atoms in total. The molecule has 0 aromatic heterocycles. The molecule has 1 N–H and O–H groups in total. The van der Waals surface area contributed by atoms with Crippen LogP contribution < -0.4 is 4.74 Å². The van der Waals surface area contributed by atoms with Gasteiger partial charge in [-0.25, -0.2) is 4.79 Å². The number of benzene rings is 1. The molecule has 4 heteroatoms. The van der Waals surface area contributed by atoms with Crippen molar-refractivity contribution in [1.82, 2.24) is 0 Å². The Hall–Kier alpha value is -1.55. The van der Waals surface area contributed by atoms with Gasteiger partial charge < -0.3 is 14.6 Å². The molecule has 0 spiro atoms. The summed E-state index contributed by atoms with van der Waals surface area (Å²) in [7, 11) is 0. The van der Waals surface area contributed by atoms with Crippen LogP contribution >= 0.6 is 0 Å². The number of ether oxygens (including phenoxy) is 2. The van der Waals surface area contributed by atoms with E-state index in [9.17, 15) is 4.79 Å². The van der Waals surface area contributed by atoms with Crippen molar-refractivity contribution < 1.29 is 19.4 Å². The number of hydrogen-bond acceptors (Lipinski definition) is 3. The van der Waals surface area contributed by atoms with Crippen LogP contribution in [0.2, 0.25) is 0 Å².